The van der Waals surface area contributed by atoms with Crippen LogP contribution in [0.2, 0.25) is 0 Å². The number of hydrogen-bond donors (Lipinski definition) is 1. The number of carbonyl (C=O) groups excluding carboxylic acids is 1. The highest BCUT2D eigenvalue weighted by Gasteiger charge is 2.22. The predicted molar refractivity (Wildman–Crippen MR) is 68.7 cm³/mol. The van der Waals surface area contributed by atoms with Gasteiger partial charge in [-0.3, -0.25) is 5.32 Å². The molecule has 3 nitrogen and oxygen atoms in total. The summed E-state index contributed by atoms with van der Waals surface area (Å²) in [5.41, 5.74) is 1.43. The minimum atomic E-state index is -0.594. The average Bonchev–Trinajstić information content (AvgIpc) is 2.32. The Balaban J connectivity index is 3.00. The van der Waals surface area contributed by atoms with Crippen molar-refractivity contribution in [3.8, 4) is 0 Å². The summed E-state index contributed by atoms with van der Waals surface area (Å²) < 4.78 is 18.1. The fraction of sp³-hybridized carbons (Fsp3) is 0.357. The summed E-state index contributed by atoms with van der Waals surface area (Å²) in [6, 6.07) is 3.74. The van der Waals surface area contributed by atoms with Crippen molar-refractivity contribution in [2.45, 2.75) is 19.9 Å². The first-order chi connectivity index (χ1) is 8.60. The monoisotopic (exact) mass is 251 g/mol. The summed E-state index contributed by atoms with van der Waals surface area (Å²) in [6.45, 7) is 7.89. The van der Waals surface area contributed by atoms with Gasteiger partial charge in [0.05, 0.1) is 6.61 Å². The van der Waals surface area contributed by atoms with Crippen LogP contribution in [0.15, 0.2) is 30.9 Å². The Morgan fingerprint density at radius 3 is 2.89 bits per heavy atom. The number of aryl methyl sites for hydroxylation is 1. The van der Waals surface area contributed by atoms with Gasteiger partial charge in [0.15, 0.2) is 0 Å². The Morgan fingerprint density at radius 1 is 1.61 bits per heavy atom. The Hall–Kier alpha value is -1.68. The molecule has 0 spiro atoms. The smallest absolute Gasteiger partial charge is 0.327 e. The highest BCUT2D eigenvalue weighted by atomic mass is 19.1. The third-order valence-electron chi connectivity index (χ3n) is 2.53. The highest BCUT2D eigenvalue weighted by molar-refractivity contribution is 5.78. The van der Waals surface area contributed by atoms with Crippen molar-refractivity contribution in [3.05, 3.63) is 47.8 Å². The van der Waals surface area contributed by atoms with Crippen molar-refractivity contribution in [3.63, 3.8) is 0 Å². The van der Waals surface area contributed by atoms with Gasteiger partial charge in [-0.1, -0.05) is 12.1 Å². The molecule has 0 radical (unpaired) electrons. The van der Waals surface area contributed by atoms with E-state index in [1.54, 1.807) is 26.0 Å². The molecule has 0 amide bonds. The van der Waals surface area contributed by atoms with E-state index in [1.165, 1.54) is 12.1 Å². The summed E-state index contributed by atoms with van der Waals surface area (Å²) in [6.07, 6.45) is 1.66. The number of carbonyl (C=O) groups is 1. The topological polar surface area (TPSA) is 38.3 Å². The largest absolute Gasteiger partial charge is 0.465 e. The number of hydrogen-bond acceptors (Lipinski definition) is 3. The minimum absolute atomic E-state index is 0.311. The molecule has 1 unspecified atom stereocenters. The van der Waals surface area contributed by atoms with Crippen molar-refractivity contribution in [2.75, 3.05) is 13.2 Å². The lowest BCUT2D eigenvalue weighted by atomic mass is 10.0. The van der Waals surface area contributed by atoms with Crippen LogP contribution in [0.1, 0.15) is 24.1 Å². The molecule has 0 aliphatic rings. The van der Waals surface area contributed by atoms with Crippen molar-refractivity contribution in [2.24, 2.45) is 0 Å². The molecule has 0 bridgehead atoms. The van der Waals surface area contributed by atoms with E-state index in [1.807, 2.05) is 0 Å². The van der Waals surface area contributed by atoms with Gasteiger partial charge in [-0.2, -0.15) is 0 Å². The first kappa shape index (κ1) is 14.4. The number of rotatable bonds is 6. The molecular weight excluding hydrogens is 233 g/mol. The van der Waals surface area contributed by atoms with E-state index >= 15 is 0 Å². The van der Waals surface area contributed by atoms with Gasteiger partial charge in [0.1, 0.15) is 11.9 Å². The van der Waals surface area contributed by atoms with E-state index < -0.39 is 6.04 Å². The summed E-state index contributed by atoms with van der Waals surface area (Å²) in [7, 11) is 0. The molecule has 0 aliphatic carbocycles. The summed E-state index contributed by atoms with van der Waals surface area (Å²) in [5, 5.41) is 3.02. The third kappa shape index (κ3) is 3.67. The van der Waals surface area contributed by atoms with Crippen LogP contribution < -0.4 is 5.32 Å². The van der Waals surface area contributed by atoms with Crippen LogP contribution in [0.25, 0.3) is 0 Å². The van der Waals surface area contributed by atoms with Crippen molar-refractivity contribution in [1.29, 1.82) is 0 Å². The van der Waals surface area contributed by atoms with Gasteiger partial charge in [0.25, 0.3) is 0 Å². The highest BCUT2D eigenvalue weighted by Crippen LogP contribution is 2.20. The maximum atomic E-state index is 13.1. The van der Waals surface area contributed by atoms with E-state index in [4.69, 9.17) is 4.74 Å². The maximum absolute atomic E-state index is 13.1. The van der Waals surface area contributed by atoms with Gasteiger partial charge < -0.3 is 4.74 Å². The van der Waals surface area contributed by atoms with Gasteiger partial charge in [0.2, 0.25) is 0 Å². The minimum Gasteiger partial charge on any atom is -0.465 e. The Kier molecular flexibility index (Phi) is 5.52. The SMILES string of the molecule is C=CCNC(C(=O)OCC)c1ccc(F)cc1C. The first-order valence-corrected chi connectivity index (χ1v) is 5.87. The number of benzene rings is 1. The fourth-order valence-corrected chi connectivity index (χ4v) is 1.71. The molecule has 18 heavy (non-hydrogen) atoms. The molecule has 1 aromatic rings. The van der Waals surface area contributed by atoms with E-state index in [2.05, 4.69) is 11.9 Å². The van der Waals surface area contributed by atoms with Crippen LogP contribution in [0.5, 0.6) is 0 Å². The lowest BCUT2D eigenvalue weighted by Crippen LogP contribution is -2.31. The zero-order chi connectivity index (χ0) is 13.5. The molecule has 0 aromatic heterocycles. The lowest BCUT2D eigenvalue weighted by Gasteiger charge is -2.18. The number of nitrogens with one attached hydrogen (secondary N) is 1. The molecule has 0 saturated heterocycles. The second-order valence-corrected chi connectivity index (χ2v) is 3.88. The van der Waals surface area contributed by atoms with Crippen molar-refractivity contribution >= 4 is 5.97 Å². The molecule has 0 fully saturated rings. The first-order valence-electron chi connectivity index (χ1n) is 5.87. The van der Waals surface area contributed by atoms with Crippen molar-refractivity contribution in [1.82, 2.24) is 5.32 Å². The van der Waals surface area contributed by atoms with Crippen molar-refractivity contribution < 1.29 is 13.9 Å². The zero-order valence-corrected chi connectivity index (χ0v) is 10.7. The standard InChI is InChI=1S/C14H18FNO2/c1-4-8-16-13(14(17)18-5-2)12-7-6-11(15)9-10(12)3/h4,6-7,9,13,16H,1,5,8H2,2-3H3. The van der Waals surface area contributed by atoms with Crippen LogP contribution >= 0.6 is 0 Å². The summed E-state index contributed by atoms with van der Waals surface area (Å²) >= 11 is 0. The summed E-state index contributed by atoms with van der Waals surface area (Å²) in [5.74, 6) is -0.684. The van der Waals surface area contributed by atoms with Crippen LogP contribution in [-0.2, 0) is 9.53 Å². The number of esters is 1. The van der Waals surface area contributed by atoms with Gasteiger partial charge in [-0.05, 0) is 37.1 Å². The summed E-state index contributed by atoms with van der Waals surface area (Å²) in [4.78, 5) is 11.9. The molecule has 0 heterocycles. The quantitative estimate of drug-likeness (QED) is 0.623. The van der Waals surface area contributed by atoms with E-state index in [9.17, 15) is 9.18 Å². The molecule has 1 atom stereocenters. The fourth-order valence-electron chi connectivity index (χ4n) is 1.71. The Bertz CT molecular complexity index is 432. The third-order valence-corrected chi connectivity index (χ3v) is 2.53. The average molecular weight is 251 g/mol. The molecule has 1 aromatic carbocycles. The van der Waals surface area contributed by atoms with Gasteiger partial charge in [-0.15, -0.1) is 6.58 Å². The lowest BCUT2D eigenvalue weighted by molar-refractivity contribution is -0.145. The molecule has 98 valence electrons. The van der Waals surface area contributed by atoms with E-state index in [0.717, 1.165) is 5.56 Å². The zero-order valence-electron chi connectivity index (χ0n) is 10.7. The molecule has 0 aliphatic heterocycles. The molecule has 1 N–H and O–H groups in total. The second kappa shape index (κ2) is 6.91. The molecular formula is C14H18FNO2. The van der Waals surface area contributed by atoms with E-state index in [-0.39, 0.29) is 11.8 Å². The Morgan fingerprint density at radius 2 is 2.33 bits per heavy atom. The van der Waals surface area contributed by atoms with Crippen LogP contribution in [0, 0.1) is 12.7 Å². The van der Waals surface area contributed by atoms with Gasteiger partial charge in [0, 0.05) is 6.54 Å². The predicted octanol–water partition coefficient (Wildman–Crippen LogP) is 2.51. The molecule has 0 saturated carbocycles. The molecule has 1 rings (SSSR count). The van der Waals surface area contributed by atoms with Gasteiger partial charge in [-0.25, -0.2) is 9.18 Å². The molecule has 4 heteroatoms. The normalized spacial score (nSPS) is 11.9. The van der Waals surface area contributed by atoms with E-state index in [0.29, 0.717) is 18.7 Å². The maximum Gasteiger partial charge on any atom is 0.327 e. The van der Waals surface area contributed by atoms with Crippen LogP contribution in [0.3, 0.4) is 0 Å². The number of halogens is 1. The second-order valence-electron chi connectivity index (χ2n) is 3.88. The van der Waals surface area contributed by atoms with Crippen LogP contribution in [0.4, 0.5) is 4.39 Å². The number of ether oxygens (including phenoxy) is 1. The van der Waals surface area contributed by atoms with Gasteiger partial charge >= 0.3 is 5.97 Å². The Labute approximate surface area is 107 Å². The van der Waals surface area contributed by atoms with Crippen LogP contribution in [-0.4, -0.2) is 19.1 Å².